The van der Waals surface area contributed by atoms with E-state index in [0.717, 1.165) is 16.1 Å². The van der Waals surface area contributed by atoms with Crippen LogP contribution in [0.3, 0.4) is 0 Å². The maximum Gasteiger partial charge on any atom is 0.378 e. The average Bonchev–Trinajstić information content (AvgIpc) is 3.43. The molecule has 0 radical (unpaired) electrons. The highest BCUT2D eigenvalue weighted by Crippen LogP contribution is 2.25. The minimum absolute atomic E-state index is 0.000832. The van der Waals surface area contributed by atoms with Crippen LogP contribution in [0.2, 0.25) is 0 Å². The van der Waals surface area contributed by atoms with E-state index in [1.807, 2.05) is 47.8 Å². The molecule has 0 N–H and O–H groups in total. The first-order valence-corrected chi connectivity index (χ1v) is 9.35. The van der Waals surface area contributed by atoms with Crippen LogP contribution >= 0.6 is 11.3 Å². The molecule has 0 fully saturated rings. The second kappa shape index (κ2) is 7.86. The van der Waals surface area contributed by atoms with Crippen molar-refractivity contribution in [3.8, 4) is 22.5 Å². The number of carbonyl (C=O) groups is 1. The summed E-state index contributed by atoms with van der Waals surface area (Å²) in [7, 11) is 0. The summed E-state index contributed by atoms with van der Waals surface area (Å²) in [4.78, 5) is 17.8. The number of nitriles is 1. The second-order valence-electron chi connectivity index (χ2n) is 5.87. The number of nitrogens with zero attached hydrogens (tertiary/aromatic N) is 4. The Morgan fingerprint density at radius 3 is 2.54 bits per heavy atom. The fourth-order valence-electron chi connectivity index (χ4n) is 2.60. The van der Waals surface area contributed by atoms with Gasteiger partial charge in [0.2, 0.25) is 0 Å². The lowest BCUT2D eigenvalue weighted by atomic mass is 10.2. The zero-order valence-corrected chi connectivity index (χ0v) is 15.5. The quantitative estimate of drug-likeness (QED) is 0.480. The molecule has 0 spiro atoms. The Morgan fingerprint density at radius 2 is 1.86 bits per heavy atom. The van der Waals surface area contributed by atoms with Gasteiger partial charge < -0.3 is 4.74 Å². The molecule has 0 bridgehead atoms. The Labute approximate surface area is 165 Å². The summed E-state index contributed by atoms with van der Waals surface area (Å²) >= 11 is 1.52. The molecule has 4 rings (SSSR count). The van der Waals surface area contributed by atoms with Crippen LogP contribution in [0.5, 0.6) is 0 Å². The molecule has 136 valence electrons. The smallest absolute Gasteiger partial charge is 0.378 e. The van der Waals surface area contributed by atoms with Crippen LogP contribution < -0.4 is 0 Å². The van der Waals surface area contributed by atoms with Crippen molar-refractivity contribution in [2.75, 3.05) is 0 Å². The number of hydrogen-bond acceptors (Lipinski definition) is 6. The van der Waals surface area contributed by atoms with Crippen LogP contribution in [0.4, 0.5) is 0 Å². The topological polar surface area (TPSA) is 80.8 Å². The van der Waals surface area contributed by atoms with Gasteiger partial charge in [-0.05, 0) is 41.3 Å². The Hall–Kier alpha value is -3.76. The third-order valence-electron chi connectivity index (χ3n) is 3.99. The molecule has 0 unspecified atom stereocenters. The van der Waals surface area contributed by atoms with Crippen molar-refractivity contribution in [2.24, 2.45) is 0 Å². The molecular weight excluding hydrogens is 372 g/mol. The lowest BCUT2D eigenvalue weighted by molar-refractivity contribution is 0.0458. The van der Waals surface area contributed by atoms with Gasteiger partial charge in [-0.3, -0.25) is 0 Å². The number of benzene rings is 2. The van der Waals surface area contributed by atoms with Crippen LogP contribution in [-0.4, -0.2) is 20.7 Å². The Bertz CT molecular complexity index is 1130. The fourth-order valence-corrected chi connectivity index (χ4v) is 3.30. The van der Waals surface area contributed by atoms with Gasteiger partial charge in [-0.15, -0.1) is 16.4 Å². The lowest BCUT2D eigenvalue weighted by Crippen LogP contribution is -2.08. The highest BCUT2D eigenvalue weighted by atomic mass is 32.1. The van der Waals surface area contributed by atoms with Gasteiger partial charge in [-0.2, -0.15) is 10.2 Å². The van der Waals surface area contributed by atoms with Crippen LogP contribution in [0.25, 0.3) is 16.4 Å². The Kier molecular flexibility index (Phi) is 4.95. The third-order valence-corrected chi connectivity index (χ3v) is 4.85. The fraction of sp³-hybridized carbons (Fsp3) is 0.0476. The summed E-state index contributed by atoms with van der Waals surface area (Å²) in [6.45, 7) is 0.0821. The molecule has 7 heteroatoms. The van der Waals surface area contributed by atoms with Crippen molar-refractivity contribution in [1.29, 1.82) is 5.26 Å². The summed E-state index contributed by atoms with van der Waals surface area (Å²) in [6, 6.07) is 22.3. The highest BCUT2D eigenvalue weighted by molar-refractivity contribution is 7.13. The van der Waals surface area contributed by atoms with E-state index >= 15 is 0 Å². The molecule has 0 aliphatic heterocycles. The lowest BCUT2D eigenvalue weighted by Gasteiger charge is -2.03. The van der Waals surface area contributed by atoms with Gasteiger partial charge in [0, 0.05) is 0 Å². The largest absolute Gasteiger partial charge is 0.455 e. The van der Waals surface area contributed by atoms with Crippen LogP contribution in [0, 0.1) is 11.3 Å². The summed E-state index contributed by atoms with van der Waals surface area (Å²) in [6.07, 6.45) is 0. The van der Waals surface area contributed by atoms with E-state index in [0.29, 0.717) is 11.4 Å². The summed E-state index contributed by atoms with van der Waals surface area (Å²) < 4.78 is 7.00. The number of esters is 1. The van der Waals surface area contributed by atoms with Crippen LogP contribution in [-0.2, 0) is 11.3 Å². The maximum atomic E-state index is 12.5. The zero-order valence-electron chi connectivity index (χ0n) is 14.6. The molecule has 0 saturated heterocycles. The molecule has 0 aliphatic rings. The number of rotatable bonds is 5. The predicted molar refractivity (Wildman–Crippen MR) is 105 cm³/mol. The first kappa shape index (κ1) is 17.6. The van der Waals surface area contributed by atoms with Crippen LogP contribution in [0.15, 0.2) is 72.1 Å². The summed E-state index contributed by atoms with van der Waals surface area (Å²) in [5.41, 5.74) is 2.15. The molecule has 4 aromatic rings. The van der Waals surface area contributed by atoms with E-state index in [1.165, 1.54) is 11.3 Å². The molecule has 2 aromatic heterocycles. The first-order valence-electron chi connectivity index (χ1n) is 8.47. The van der Waals surface area contributed by atoms with Crippen LogP contribution in [0.1, 0.15) is 21.7 Å². The van der Waals surface area contributed by atoms with E-state index in [4.69, 9.17) is 10.00 Å². The van der Waals surface area contributed by atoms with Gasteiger partial charge in [0.05, 0.1) is 22.2 Å². The SMILES string of the molecule is N#Cc1ccc(COC(=O)c2nc(-c3cccs3)n(-c3ccccc3)n2)cc1. The molecule has 2 aromatic carbocycles. The van der Waals surface area contributed by atoms with Gasteiger partial charge >= 0.3 is 5.97 Å². The number of para-hydroxylation sites is 1. The van der Waals surface area contributed by atoms with E-state index < -0.39 is 5.97 Å². The Balaban J connectivity index is 1.59. The predicted octanol–water partition coefficient (Wildman–Crippen LogP) is 4.22. The average molecular weight is 386 g/mol. The van der Waals surface area contributed by atoms with Gasteiger partial charge in [0.1, 0.15) is 6.61 Å². The molecule has 0 atom stereocenters. The van der Waals surface area contributed by atoms with E-state index in [-0.39, 0.29) is 12.4 Å². The number of hydrogen-bond donors (Lipinski definition) is 0. The molecule has 0 amide bonds. The van der Waals surface area contributed by atoms with Crippen molar-refractivity contribution in [3.63, 3.8) is 0 Å². The molecule has 0 saturated carbocycles. The van der Waals surface area contributed by atoms with E-state index in [2.05, 4.69) is 16.2 Å². The van der Waals surface area contributed by atoms with Gasteiger partial charge in [-0.25, -0.2) is 9.48 Å². The van der Waals surface area contributed by atoms with Crippen molar-refractivity contribution < 1.29 is 9.53 Å². The molecule has 0 aliphatic carbocycles. The molecule has 28 heavy (non-hydrogen) atoms. The second-order valence-corrected chi connectivity index (χ2v) is 6.82. The monoisotopic (exact) mass is 386 g/mol. The summed E-state index contributed by atoms with van der Waals surface area (Å²) in [5, 5.41) is 15.2. The Morgan fingerprint density at radius 1 is 1.07 bits per heavy atom. The highest BCUT2D eigenvalue weighted by Gasteiger charge is 2.20. The standard InChI is InChI=1S/C21H14N4O2S/c22-13-15-8-10-16(11-9-15)14-27-21(26)19-23-20(18-7-4-12-28-18)25(24-19)17-5-2-1-3-6-17/h1-12H,14H2. The summed E-state index contributed by atoms with van der Waals surface area (Å²) in [5.74, 6) is -0.00994. The number of thiophene rings is 1. The zero-order chi connectivity index (χ0) is 19.3. The minimum Gasteiger partial charge on any atom is -0.455 e. The van der Waals surface area contributed by atoms with Crippen molar-refractivity contribution in [1.82, 2.24) is 14.8 Å². The first-order chi connectivity index (χ1) is 13.7. The third kappa shape index (κ3) is 3.68. The van der Waals surface area contributed by atoms with Gasteiger partial charge in [-0.1, -0.05) is 36.4 Å². The normalized spacial score (nSPS) is 10.4. The number of ether oxygens (including phenoxy) is 1. The van der Waals surface area contributed by atoms with Crippen molar-refractivity contribution in [3.05, 3.63) is 89.1 Å². The molecular formula is C21H14N4O2S. The van der Waals surface area contributed by atoms with Crippen molar-refractivity contribution in [2.45, 2.75) is 6.61 Å². The molecule has 6 nitrogen and oxygen atoms in total. The maximum absolute atomic E-state index is 12.5. The van der Waals surface area contributed by atoms with E-state index in [9.17, 15) is 4.79 Å². The number of carbonyl (C=O) groups excluding carboxylic acids is 1. The molecule has 2 heterocycles. The van der Waals surface area contributed by atoms with Gasteiger partial charge in [0.25, 0.3) is 5.82 Å². The van der Waals surface area contributed by atoms with E-state index in [1.54, 1.807) is 28.9 Å². The number of aromatic nitrogens is 3. The minimum atomic E-state index is -0.600. The van der Waals surface area contributed by atoms with Crippen molar-refractivity contribution >= 4 is 17.3 Å². The van der Waals surface area contributed by atoms with Gasteiger partial charge in [0.15, 0.2) is 5.82 Å².